The van der Waals surface area contributed by atoms with Crippen LogP contribution in [0.25, 0.3) is 0 Å². The van der Waals surface area contributed by atoms with Crippen LogP contribution in [0.1, 0.15) is 38.3 Å². The lowest BCUT2D eigenvalue weighted by molar-refractivity contribution is -0.133. The molecule has 0 radical (unpaired) electrons. The number of carbonyl (C=O) groups excluding carboxylic acids is 2. The van der Waals surface area contributed by atoms with Crippen LogP contribution in [-0.2, 0) is 16.1 Å². The standard InChI is InChI=1S/C17H26N2O2/c1-5-18(6-2)17(21)10-11-19(15(4)20)13-16-9-7-8-14(3)12-16/h7-9,12H,5-6,10-11,13H2,1-4H3. The summed E-state index contributed by atoms with van der Waals surface area (Å²) in [7, 11) is 0. The van der Waals surface area contributed by atoms with Gasteiger partial charge in [-0.1, -0.05) is 29.8 Å². The second-order valence-electron chi connectivity index (χ2n) is 5.25. The van der Waals surface area contributed by atoms with Crippen LogP contribution in [0.5, 0.6) is 0 Å². The Balaban J connectivity index is 2.62. The Kier molecular flexibility index (Phi) is 6.92. The van der Waals surface area contributed by atoms with E-state index in [4.69, 9.17) is 0 Å². The SMILES string of the molecule is CCN(CC)C(=O)CCN(Cc1cccc(C)c1)C(C)=O. The average Bonchev–Trinajstić information content (AvgIpc) is 2.44. The third kappa shape index (κ3) is 5.58. The van der Waals surface area contributed by atoms with Gasteiger partial charge in [0.1, 0.15) is 0 Å². The Morgan fingerprint density at radius 2 is 1.76 bits per heavy atom. The summed E-state index contributed by atoms with van der Waals surface area (Å²) in [4.78, 5) is 27.3. The van der Waals surface area contributed by atoms with E-state index >= 15 is 0 Å². The van der Waals surface area contributed by atoms with Gasteiger partial charge in [-0.05, 0) is 26.3 Å². The summed E-state index contributed by atoms with van der Waals surface area (Å²) in [5.41, 5.74) is 2.27. The van der Waals surface area contributed by atoms with Crippen molar-refractivity contribution in [2.24, 2.45) is 0 Å². The monoisotopic (exact) mass is 290 g/mol. The number of hydrogen-bond donors (Lipinski definition) is 0. The molecule has 0 saturated heterocycles. The number of rotatable bonds is 7. The molecular formula is C17H26N2O2. The van der Waals surface area contributed by atoms with E-state index in [1.807, 2.05) is 39.0 Å². The van der Waals surface area contributed by atoms with Gasteiger partial charge < -0.3 is 9.80 Å². The van der Waals surface area contributed by atoms with E-state index in [1.54, 1.807) is 16.7 Å². The number of carbonyl (C=O) groups is 2. The van der Waals surface area contributed by atoms with Crippen molar-refractivity contribution in [3.63, 3.8) is 0 Å². The molecule has 0 fully saturated rings. The molecule has 0 heterocycles. The van der Waals surface area contributed by atoms with Gasteiger partial charge in [0.05, 0.1) is 0 Å². The van der Waals surface area contributed by atoms with Crippen LogP contribution in [0.2, 0.25) is 0 Å². The fourth-order valence-electron chi connectivity index (χ4n) is 2.34. The molecule has 0 spiro atoms. The van der Waals surface area contributed by atoms with E-state index in [0.29, 0.717) is 32.6 Å². The Bertz CT molecular complexity index is 481. The number of benzene rings is 1. The molecule has 0 N–H and O–H groups in total. The molecule has 1 aromatic carbocycles. The van der Waals surface area contributed by atoms with E-state index in [1.165, 1.54) is 5.56 Å². The number of amides is 2. The summed E-state index contributed by atoms with van der Waals surface area (Å²) in [6.45, 7) is 9.98. The Labute approximate surface area is 127 Å². The first-order valence-corrected chi connectivity index (χ1v) is 7.56. The van der Waals surface area contributed by atoms with Crippen molar-refractivity contribution in [1.29, 1.82) is 0 Å². The first-order valence-electron chi connectivity index (χ1n) is 7.56. The van der Waals surface area contributed by atoms with Gasteiger partial charge in [-0.25, -0.2) is 0 Å². The van der Waals surface area contributed by atoms with Crippen LogP contribution >= 0.6 is 0 Å². The first-order chi connectivity index (χ1) is 9.97. The molecule has 116 valence electrons. The lowest BCUT2D eigenvalue weighted by Gasteiger charge is -2.24. The number of aryl methyl sites for hydroxylation is 1. The van der Waals surface area contributed by atoms with Crippen molar-refractivity contribution < 1.29 is 9.59 Å². The summed E-state index contributed by atoms with van der Waals surface area (Å²) in [5, 5.41) is 0. The van der Waals surface area contributed by atoms with Crippen LogP contribution in [0.15, 0.2) is 24.3 Å². The summed E-state index contributed by atoms with van der Waals surface area (Å²) in [6, 6.07) is 8.10. The second-order valence-corrected chi connectivity index (χ2v) is 5.25. The van der Waals surface area contributed by atoms with Crippen LogP contribution in [-0.4, -0.2) is 41.2 Å². The summed E-state index contributed by atoms with van der Waals surface area (Å²) in [5.74, 6) is 0.111. The van der Waals surface area contributed by atoms with Crippen LogP contribution in [0.4, 0.5) is 0 Å². The predicted octanol–water partition coefficient (Wildman–Crippen LogP) is 2.60. The van der Waals surface area contributed by atoms with Crippen molar-refractivity contribution >= 4 is 11.8 Å². The Morgan fingerprint density at radius 3 is 2.29 bits per heavy atom. The van der Waals surface area contributed by atoms with Gasteiger partial charge >= 0.3 is 0 Å². The molecule has 0 aromatic heterocycles. The van der Waals surface area contributed by atoms with E-state index in [9.17, 15) is 9.59 Å². The van der Waals surface area contributed by atoms with Crippen molar-refractivity contribution in [2.75, 3.05) is 19.6 Å². The minimum Gasteiger partial charge on any atom is -0.343 e. The van der Waals surface area contributed by atoms with Gasteiger partial charge in [-0.15, -0.1) is 0 Å². The molecule has 0 aliphatic carbocycles. The van der Waals surface area contributed by atoms with E-state index in [-0.39, 0.29) is 11.8 Å². The Morgan fingerprint density at radius 1 is 1.10 bits per heavy atom. The molecule has 1 rings (SSSR count). The zero-order chi connectivity index (χ0) is 15.8. The predicted molar refractivity (Wildman–Crippen MR) is 84.8 cm³/mol. The minimum absolute atomic E-state index is 0.00357. The maximum atomic E-state index is 12.0. The quantitative estimate of drug-likeness (QED) is 0.774. The zero-order valence-corrected chi connectivity index (χ0v) is 13.6. The highest BCUT2D eigenvalue weighted by Crippen LogP contribution is 2.09. The Hall–Kier alpha value is -1.84. The van der Waals surface area contributed by atoms with Crippen LogP contribution in [0.3, 0.4) is 0 Å². The highest BCUT2D eigenvalue weighted by Gasteiger charge is 2.14. The zero-order valence-electron chi connectivity index (χ0n) is 13.6. The smallest absolute Gasteiger partial charge is 0.224 e. The maximum Gasteiger partial charge on any atom is 0.224 e. The molecule has 21 heavy (non-hydrogen) atoms. The fraction of sp³-hybridized carbons (Fsp3) is 0.529. The van der Waals surface area contributed by atoms with Gasteiger partial charge in [0.25, 0.3) is 0 Å². The molecular weight excluding hydrogens is 264 g/mol. The largest absolute Gasteiger partial charge is 0.343 e. The molecule has 0 unspecified atom stereocenters. The molecule has 0 aliphatic rings. The van der Waals surface area contributed by atoms with E-state index < -0.39 is 0 Å². The molecule has 0 atom stereocenters. The van der Waals surface area contributed by atoms with Gasteiger partial charge in [0, 0.05) is 39.5 Å². The molecule has 0 bridgehead atoms. The maximum absolute atomic E-state index is 12.0. The molecule has 4 nitrogen and oxygen atoms in total. The van der Waals surface area contributed by atoms with E-state index in [2.05, 4.69) is 6.07 Å². The van der Waals surface area contributed by atoms with E-state index in [0.717, 1.165) is 5.56 Å². The van der Waals surface area contributed by atoms with Gasteiger partial charge in [-0.3, -0.25) is 9.59 Å². The lowest BCUT2D eigenvalue weighted by atomic mass is 10.1. The molecule has 4 heteroatoms. The molecule has 0 saturated carbocycles. The minimum atomic E-state index is 0.00357. The average molecular weight is 290 g/mol. The van der Waals surface area contributed by atoms with Gasteiger partial charge in [0.2, 0.25) is 11.8 Å². The molecule has 1 aromatic rings. The summed E-state index contributed by atoms with van der Waals surface area (Å²) in [6.07, 6.45) is 0.382. The van der Waals surface area contributed by atoms with Crippen molar-refractivity contribution in [3.05, 3.63) is 35.4 Å². The lowest BCUT2D eigenvalue weighted by Crippen LogP contribution is -2.36. The third-order valence-electron chi connectivity index (χ3n) is 3.61. The van der Waals surface area contributed by atoms with Crippen LogP contribution < -0.4 is 0 Å². The number of hydrogen-bond acceptors (Lipinski definition) is 2. The van der Waals surface area contributed by atoms with Crippen LogP contribution in [0, 0.1) is 6.92 Å². The van der Waals surface area contributed by atoms with Gasteiger partial charge in [-0.2, -0.15) is 0 Å². The first kappa shape index (κ1) is 17.2. The summed E-state index contributed by atoms with van der Waals surface area (Å²) < 4.78 is 0. The highest BCUT2D eigenvalue weighted by atomic mass is 16.2. The molecule has 2 amide bonds. The topological polar surface area (TPSA) is 40.6 Å². The summed E-state index contributed by atoms with van der Waals surface area (Å²) >= 11 is 0. The van der Waals surface area contributed by atoms with Crippen molar-refractivity contribution in [2.45, 2.75) is 40.7 Å². The van der Waals surface area contributed by atoms with Gasteiger partial charge in [0.15, 0.2) is 0 Å². The van der Waals surface area contributed by atoms with Crippen molar-refractivity contribution in [3.8, 4) is 0 Å². The third-order valence-corrected chi connectivity index (χ3v) is 3.61. The highest BCUT2D eigenvalue weighted by molar-refractivity contribution is 5.78. The second kappa shape index (κ2) is 8.45. The normalized spacial score (nSPS) is 10.3. The number of nitrogens with zero attached hydrogens (tertiary/aromatic N) is 2. The van der Waals surface area contributed by atoms with Crippen molar-refractivity contribution in [1.82, 2.24) is 9.80 Å². The molecule has 0 aliphatic heterocycles. The fourth-order valence-corrected chi connectivity index (χ4v) is 2.34.